The van der Waals surface area contributed by atoms with Crippen LogP contribution in [-0.4, -0.2) is 0 Å². The van der Waals surface area contributed by atoms with Crippen LogP contribution in [0.25, 0.3) is 22.3 Å². The zero-order valence-corrected chi connectivity index (χ0v) is 27.9. The molecule has 0 atom stereocenters. The summed E-state index contributed by atoms with van der Waals surface area (Å²) in [5.41, 5.74) is 14.8. The van der Waals surface area contributed by atoms with Crippen molar-refractivity contribution in [2.24, 2.45) is 0 Å². The number of ether oxygens (including phenoxy) is 1. The van der Waals surface area contributed by atoms with E-state index in [1.165, 1.54) is 39.1 Å². The Hall–Kier alpha value is -6.06. The van der Waals surface area contributed by atoms with Crippen LogP contribution in [-0.2, 0) is 5.41 Å². The zero-order chi connectivity index (χ0) is 33.1. The van der Waals surface area contributed by atoms with Gasteiger partial charge in [0.15, 0.2) is 11.5 Å². The summed E-state index contributed by atoms with van der Waals surface area (Å²) in [4.78, 5) is 4.82. The van der Waals surface area contributed by atoms with Crippen LogP contribution < -0.4 is 14.5 Å². The van der Waals surface area contributed by atoms with Crippen molar-refractivity contribution in [2.45, 2.75) is 26.2 Å². The normalized spacial score (nSPS) is 13.5. The number of nitrogens with zero attached hydrogens (tertiary/aromatic N) is 2. The summed E-state index contributed by atoms with van der Waals surface area (Å²) in [5, 5.41) is 0. The highest BCUT2D eigenvalue weighted by Gasteiger charge is 2.43. The van der Waals surface area contributed by atoms with Gasteiger partial charge in [-0.05, 0) is 107 Å². The number of rotatable bonds is 5. The van der Waals surface area contributed by atoms with E-state index in [2.05, 4.69) is 194 Å². The van der Waals surface area contributed by atoms with E-state index >= 15 is 0 Å². The first-order valence-corrected chi connectivity index (χ1v) is 16.9. The van der Waals surface area contributed by atoms with Gasteiger partial charge in [0, 0.05) is 22.5 Å². The molecule has 3 heteroatoms. The number of fused-ring (bicyclic) bond motifs is 4. The highest BCUT2D eigenvalue weighted by molar-refractivity contribution is 5.96. The molecule has 2 aliphatic heterocycles. The molecule has 2 aliphatic rings. The summed E-state index contributed by atoms with van der Waals surface area (Å²) in [6, 6.07) is 58.7. The minimum Gasteiger partial charge on any atom is -0.453 e. The average Bonchev–Trinajstić information content (AvgIpc) is 3.15. The quantitative estimate of drug-likeness (QED) is 0.188. The van der Waals surface area contributed by atoms with Crippen molar-refractivity contribution in [3.05, 3.63) is 180 Å². The van der Waals surface area contributed by atoms with Gasteiger partial charge >= 0.3 is 0 Å². The second-order valence-electron chi connectivity index (χ2n) is 13.5. The van der Waals surface area contributed by atoms with Crippen LogP contribution >= 0.6 is 0 Å². The van der Waals surface area contributed by atoms with Crippen molar-refractivity contribution in [1.29, 1.82) is 0 Å². The summed E-state index contributed by atoms with van der Waals surface area (Å²) >= 11 is 0. The third-order valence-corrected chi connectivity index (χ3v) is 10.1. The molecule has 3 nitrogen and oxygen atoms in total. The van der Waals surface area contributed by atoms with Crippen molar-refractivity contribution in [1.82, 2.24) is 0 Å². The lowest BCUT2D eigenvalue weighted by atomic mass is 9.72. The standard InChI is InChI=1S/C46H36N2O/c1-31-15-13-24-42-44(31)48-41-26-25-38(47(36-21-11-6-12-22-36)37-23-14-20-34(27-37)32-16-7-4-8-17-32)30-39(41)46(2,3)40-28-35(29-43(49-42)45(40)48)33-18-9-5-10-19-33/h4-30H,1-3H3. The van der Waals surface area contributed by atoms with Crippen LogP contribution in [0.3, 0.4) is 0 Å². The molecule has 0 N–H and O–H groups in total. The molecule has 0 bridgehead atoms. The molecule has 0 spiro atoms. The van der Waals surface area contributed by atoms with Gasteiger partial charge in [-0.25, -0.2) is 0 Å². The van der Waals surface area contributed by atoms with E-state index < -0.39 is 0 Å². The molecule has 0 aliphatic carbocycles. The third kappa shape index (κ3) is 4.73. The number of anilines is 6. The number of aryl methyl sites for hydroxylation is 1. The van der Waals surface area contributed by atoms with Gasteiger partial charge in [0.25, 0.3) is 0 Å². The summed E-state index contributed by atoms with van der Waals surface area (Å²) in [5.74, 6) is 1.77. The van der Waals surface area contributed by atoms with Crippen LogP contribution in [0.2, 0.25) is 0 Å². The molecule has 0 fully saturated rings. The second kappa shape index (κ2) is 11.3. The Morgan fingerprint density at radius 1 is 0.469 bits per heavy atom. The van der Waals surface area contributed by atoms with Crippen molar-refractivity contribution in [3.8, 4) is 33.8 Å². The van der Waals surface area contributed by atoms with Gasteiger partial charge in [-0.1, -0.05) is 117 Å². The van der Waals surface area contributed by atoms with E-state index in [-0.39, 0.29) is 5.41 Å². The number of para-hydroxylation sites is 2. The Labute approximate surface area is 288 Å². The van der Waals surface area contributed by atoms with Crippen molar-refractivity contribution < 1.29 is 4.74 Å². The fourth-order valence-electron chi connectivity index (χ4n) is 7.65. The second-order valence-corrected chi connectivity index (χ2v) is 13.5. The van der Waals surface area contributed by atoms with Crippen LogP contribution in [0, 0.1) is 6.92 Å². The lowest BCUT2D eigenvalue weighted by molar-refractivity contribution is 0.471. The fourth-order valence-corrected chi connectivity index (χ4v) is 7.65. The Bertz CT molecular complexity index is 2350. The Morgan fingerprint density at radius 3 is 1.82 bits per heavy atom. The minimum absolute atomic E-state index is 0.325. The molecule has 236 valence electrons. The molecule has 0 saturated carbocycles. The topological polar surface area (TPSA) is 15.7 Å². The van der Waals surface area contributed by atoms with Gasteiger partial charge in [-0.2, -0.15) is 0 Å². The molecule has 0 radical (unpaired) electrons. The minimum atomic E-state index is -0.325. The molecule has 0 saturated heterocycles. The van der Waals surface area contributed by atoms with Crippen LogP contribution in [0.4, 0.5) is 34.1 Å². The van der Waals surface area contributed by atoms with Gasteiger partial charge in [-0.3, -0.25) is 0 Å². The molecule has 0 unspecified atom stereocenters. The SMILES string of the molecule is Cc1cccc2c1N1c3ccc(N(c4ccccc4)c4cccc(-c5ccccc5)c4)cc3C(C)(C)c3cc(-c4ccccc4)cc(c31)O2. The first-order chi connectivity index (χ1) is 24.0. The van der Waals surface area contributed by atoms with Crippen molar-refractivity contribution in [3.63, 3.8) is 0 Å². The molecule has 7 aromatic carbocycles. The first-order valence-electron chi connectivity index (χ1n) is 16.9. The summed E-state index contributed by atoms with van der Waals surface area (Å²) < 4.78 is 6.75. The predicted octanol–water partition coefficient (Wildman–Crippen LogP) is 13.0. The maximum Gasteiger partial charge on any atom is 0.152 e. The van der Waals surface area contributed by atoms with Gasteiger partial charge in [0.05, 0.1) is 17.1 Å². The maximum absolute atomic E-state index is 6.75. The lowest BCUT2D eigenvalue weighted by Gasteiger charge is -2.46. The smallest absolute Gasteiger partial charge is 0.152 e. The summed E-state index contributed by atoms with van der Waals surface area (Å²) in [7, 11) is 0. The summed E-state index contributed by atoms with van der Waals surface area (Å²) in [6.07, 6.45) is 0. The zero-order valence-electron chi connectivity index (χ0n) is 27.9. The molecule has 2 heterocycles. The lowest BCUT2D eigenvalue weighted by Crippen LogP contribution is -2.33. The predicted molar refractivity (Wildman–Crippen MR) is 204 cm³/mol. The Kier molecular flexibility index (Phi) is 6.70. The van der Waals surface area contributed by atoms with Gasteiger partial charge in [-0.15, -0.1) is 0 Å². The van der Waals surface area contributed by atoms with E-state index in [1.807, 2.05) is 0 Å². The first kappa shape index (κ1) is 29.1. The van der Waals surface area contributed by atoms with Crippen LogP contribution in [0.5, 0.6) is 11.5 Å². The monoisotopic (exact) mass is 632 g/mol. The highest BCUT2D eigenvalue weighted by Crippen LogP contribution is 2.61. The average molecular weight is 633 g/mol. The van der Waals surface area contributed by atoms with Gasteiger partial charge in [0.2, 0.25) is 0 Å². The van der Waals surface area contributed by atoms with E-state index in [1.54, 1.807) is 0 Å². The molecular formula is C46H36N2O. The van der Waals surface area contributed by atoms with E-state index in [0.29, 0.717) is 0 Å². The highest BCUT2D eigenvalue weighted by atomic mass is 16.5. The molecule has 0 aromatic heterocycles. The maximum atomic E-state index is 6.75. The van der Waals surface area contributed by atoms with E-state index in [0.717, 1.165) is 45.5 Å². The molecule has 0 amide bonds. The van der Waals surface area contributed by atoms with Crippen LogP contribution in [0.15, 0.2) is 164 Å². The van der Waals surface area contributed by atoms with Gasteiger partial charge in [0.1, 0.15) is 0 Å². The van der Waals surface area contributed by atoms with Gasteiger partial charge < -0.3 is 14.5 Å². The molecule has 9 rings (SSSR count). The Balaban J connectivity index is 1.27. The largest absolute Gasteiger partial charge is 0.453 e. The van der Waals surface area contributed by atoms with Crippen molar-refractivity contribution >= 4 is 34.1 Å². The molecule has 7 aromatic rings. The van der Waals surface area contributed by atoms with E-state index in [4.69, 9.17) is 4.74 Å². The number of hydrogen-bond acceptors (Lipinski definition) is 3. The number of benzene rings is 7. The van der Waals surface area contributed by atoms with Crippen molar-refractivity contribution in [2.75, 3.05) is 9.80 Å². The Morgan fingerprint density at radius 2 is 1.08 bits per heavy atom. The fraction of sp³-hybridized carbons (Fsp3) is 0.0870. The third-order valence-electron chi connectivity index (χ3n) is 10.1. The van der Waals surface area contributed by atoms with E-state index in [9.17, 15) is 0 Å². The molecular weight excluding hydrogens is 597 g/mol. The van der Waals surface area contributed by atoms with Crippen LogP contribution in [0.1, 0.15) is 30.5 Å². The summed E-state index contributed by atoms with van der Waals surface area (Å²) in [6.45, 7) is 6.89. The number of hydrogen-bond donors (Lipinski definition) is 0. The molecule has 49 heavy (non-hydrogen) atoms.